The van der Waals surface area contributed by atoms with Crippen LogP contribution in [0.2, 0.25) is 0 Å². The molecule has 37 heavy (non-hydrogen) atoms. The minimum Gasteiger partial charge on any atom is -0.508 e. The van der Waals surface area contributed by atoms with Crippen molar-refractivity contribution in [1.82, 2.24) is 0 Å². The largest absolute Gasteiger partial charge is 0.508 e. The van der Waals surface area contributed by atoms with E-state index in [0.29, 0.717) is 5.56 Å². The predicted octanol–water partition coefficient (Wildman–Crippen LogP) is 0.462. The van der Waals surface area contributed by atoms with Crippen LogP contribution in [0.25, 0.3) is 0 Å². The minimum atomic E-state index is -1.71. The lowest BCUT2D eigenvalue weighted by Gasteiger charge is -2.40. The van der Waals surface area contributed by atoms with Gasteiger partial charge in [-0.15, -0.1) is 0 Å². The summed E-state index contributed by atoms with van der Waals surface area (Å²) in [6.45, 7) is 3.00. The molecule has 11 nitrogen and oxygen atoms in total. The number of aromatic hydroxyl groups is 2. The molecule has 7 N–H and O–H groups in total. The normalized spacial score (nSPS) is 29.3. The summed E-state index contributed by atoms with van der Waals surface area (Å²) in [6.07, 6.45) is -8.68. The average molecular weight is 519 g/mol. The summed E-state index contributed by atoms with van der Waals surface area (Å²) in [5.74, 6) is -1.45. The predicted molar refractivity (Wildman–Crippen MR) is 127 cm³/mol. The van der Waals surface area contributed by atoms with Crippen molar-refractivity contribution in [3.63, 3.8) is 0 Å². The number of carbonyl (C=O) groups is 1. The Morgan fingerprint density at radius 1 is 1.03 bits per heavy atom. The number of hydrogen-bond donors (Lipinski definition) is 7. The molecule has 0 spiro atoms. The topological polar surface area (TPSA) is 186 Å². The van der Waals surface area contributed by atoms with E-state index in [1.54, 1.807) is 6.08 Å². The first-order chi connectivity index (χ1) is 17.5. The van der Waals surface area contributed by atoms with Crippen molar-refractivity contribution in [2.45, 2.75) is 63.2 Å². The Morgan fingerprint density at radius 3 is 2.32 bits per heavy atom. The van der Waals surface area contributed by atoms with Gasteiger partial charge in [-0.3, -0.25) is 4.79 Å². The number of carbonyl (C=O) groups excluding carboxylic acids is 1. The summed E-state index contributed by atoms with van der Waals surface area (Å²) < 4.78 is 17.2. The van der Waals surface area contributed by atoms with Crippen LogP contribution in [0.15, 0.2) is 42.0 Å². The number of fused-ring (bicyclic) bond motifs is 1. The molecule has 0 aromatic heterocycles. The van der Waals surface area contributed by atoms with E-state index in [2.05, 4.69) is 0 Å². The van der Waals surface area contributed by atoms with Crippen LogP contribution in [0.3, 0.4) is 0 Å². The number of allylic oxidation sites excluding steroid dienone is 2. The van der Waals surface area contributed by atoms with Crippen LogP contribution in [-0.4, -0.2) is 84.9 Å². The number of benzene rings is 2. The minimum absolute atomic E-state index is 0.0162. The number of aliphatic hydroxyl groups is 5. The maximum Gasteiger partial charge on any atom is 0.229 e. The first-order valence-corrected chi connectivity index (χ1v) is 11.7. The fourth-order valence-corrected chi connectivity index (χ4v) is 4.29. The zero-order valence-electron chi connectivity index (χ0n) is 20.2. The van der Waals surface area contributed by atoms with Crippen molar-refractivity contribution in [1.29, 1.82) is 0 Å². The van der Waals surface area contributed by atoms with Gasteiger partial charge in [-0.05, 0) is 38.0 Å². The summed E-state index contributed by atoms with van der Waals surface area (Å²) >= 11 is 0. The first-order valence-electron chi connectivity index (χ1n) is 11.7. The van der Waals surface area contributed by atoms with E-state index in [-0.39, 0.29) is 34.8 Å². The Bertz CT molecular complexity index is 1170. The second-order valence-corrected chi connectivity index (χ2v) is 9.31. The Morgan fingerprint density at radius 2 is 1.70 bits per heavy atom. The van der Waals surface area contributed by atoms with Crippen molar-refractivity contribution in [3.05, 3.63) is 58.7 Å². The van der Waals surface area contributed by atoms with Crippen molar-refractivity contribution < 1.29 is 54.8 Å². The molecule has 4 rings (SSSR count). The van der Waals surface area contributed by atoms with Crippen molar-refractivity contribution in [2.75, 3.05) is 6.61 Å². The molecule has 0 unspecified atom stereocenters. The molecule has 2 aliphatic rings. The van der Waals surface area contributed by atoms with Crippen LogP contribution < -0.4 is 9.47 Å². The van der Waals surface area contributed by atoms with Gasteiger partial charge in [0.25, 0.3) is 0 Å². The molecule has 2 heterocycles. The zero-order chi connectivity index (χ0) is 27.0. The molecule has 0 saturated carbocycles. The number of Topliss-reactive ketones (excluding diaryl/α,β-unsaturated/α-hetero) is 1. The van der Waals surface area contributed by atoms with Crippen molar-refractivity contribution in [3.8, 4) is 23.0 Å². The fraction of sp³-hybridized carbons (Fsp3) is 0.423. The molecule has 0 radical (unpaired) electrons. The third-order valence-corrected chi connectivity index (χ3v) is 6.41. The molecule has 11 heteroatoms. The summed E-state index contributed by atoms with van der Waals surface area (Å²) in [4.78, 5) is 13.1. The lowest BCUT2D eigenvalue weighted by atomic mass is 9.90. The molecule has 1 saturated heterocycles. The lowest BCUT2D eigenvalue weighted by Crippen LogP contribution is -2.60. The van der Waals surface area contributed by atoms with E-state index < -0.39 is 61.1 Å². The van der Waals surface area contributed by atoms with Crippen LogP contribution in [-0.2, 0) is 11.2 Å². The van der Waals surface area contributed by atoms with Gasteiger partial charge < -0.3 is 50.0 Å². The Kier molecular flexibility index (Phi) is 7.74. The molecular formula is C26H30O11. The first kappa shape index (κ1) is 26.9. The van der Waals surface area contributed by atoms with Crippen LogP contribution >= 0.6 is 0 Å². The molecule has 200 valence electrons. The highest BCUT2D eigenvalue weighted by atomic mass is 16.7. The van der Waals surface area contributed by atoms with Gasteiger partial charge in [0.15, 0.2) is 12.2 Å². The SMILES string of the molecule is CC(C)=CCc1c(O[C@H]2O[C@@H](CO)[C@@H](O)[C@@H](O)[C@@H]2O)cc2c(c1O)C(=O)[C@@H](O)[C@H](c1ccc(O)cc1)O2. The number of ketones is 1. The number of hydrogen-bond acceptors (Lipinski definition) is 11. The van der Waals surface area contributed by atoms with Gasteiger partial charge in [-0.1, -0.05) is 23.8 Å². The van der Waals surface area contributed by atoms with Gasteiger partial charge in [0.05, 0.1) is 6.61 Å². The van der Waals surface area contributed by atoms with Gasteiger partial charge in [-0.2, -0.15) is 0 Å². The number of phenols is 2. The monoisotopic (exact) mass is 518 g/mol. The molecule has 2 aliphatic heterocycles. The van der Waals surface area contributed by atoms with E-state index in [4.69, 9.17) is 14.2 Å². The lowest BCUT2D eigenvalue weighted by molar-refractivity contribution is -0.277. The van der Waals surface area contributed by atoms with E-state index in [0.717, 1.165) is 5.57 Å². The second kappa shape index (κ2) is 10.7. The fourth-order valence-electron chi connectivity index (χ4n) is 4.29. The van der Waals surface area contributed by atoms with Crippen LogP contribution in [0, 0.1) is 0 Å². The summed E-state index contributed by atoms with van der Waals surface area (Å²) in [6, 6.07) is 7.02. The number of aliphatic hydroxyl groups excluding tert-OH is 5. The Labute approximate surface area is 212 Å². The molecule has 2 aromatic carbocycles. The molecule has 0 amide bonds. The number of ether oxygens (including phenoxy) is 3. The molecule has 0 aliphatic carbocycles. The quantitative estimate of drug-likeness (QED) is 0.263. The second-order valence-electron chi connectivity index (χ2n) is 9.31. The van der Waals surface area contributed by atoms with Gasteiger partial charge in [0.1, 0.15) is 53.0 Å². The average Bonchev–Trinajstić information content (AvgIpc) is 2.86. The standard InChI is InChI=1S/C26H30O11/c1-11(2)3-8-14-15(36-26-24(34)22(32)20(30)17(10-27)37-26)9-16-18(19(14)29)21(31)23(33)25(35-16)12-4-6-13(28)7-5-12/h3-7,9,17,20,22-30,32-34H,8,10H2,1-2H3/t17-,20+,22+,23+,24-,25-,26-/m0/s1. The summed E-state index contributed by atoms with van der Waals surface area (Å²) in [5, 5.41) is 71.5. The Balaban J connectivity index is 1.77. The highest BCUT2D eigenvalue weighted by Crippen LogP contribution is 2.46. The van der Waals surface area contributed by atoms with Gasteiger partial charge in [-0.25, -0.2) is 0 Å². The van der Waals surface area contributed by atoms with E-state index >= 15 is 0 Å². The third-order valence-electron chi connectivity index (χ3n) is 6.41. The number of phenolic OH excluding ortho intramolecular Hbond substituents is 2. The van der Waals surface area contributed by atoms with Gasteiger partial charge in [0.2, 0.25) is 12.1 Å². The van der Waals surface area contributed by atoms with Crippen molar-refractivity contribution in [2.24, 2.45) is 0 Å². The van der Waals surface area contributed by atoms with E-state index in [1.165, 1.54) is 30.3 Å². The van der Waals surface area contributed by atoms with E-state index in [9.17, 15) is 40.5 Å². The van der Waals surface area contributed by atoms with Crippen molar-refractivity contribution >= 4 is 5.78 Å². The highest BCUT2D eigenvalue weighted by molar-refractivity contribution is 6.06. The smallest absolute Gasteiger partial charge is 0.229 e. The van der Waals surface area contributed by atoms with Gasteiger partial charge >= 0.3 is 0 Å². The molecule has 1 fully saturated rings. The summed E-state index contributed by atoms with van der Waals surface area (Å²) in [5.41, 5.74) is 1.17. The zero-order valence-corrected chi connectivity index (χ0v) is 20.2. The van der Waals surface area contributed by atoms with Crippen LogP contribution in [0.4, 0.5) is 0 Å². The Hall–Kier alpha value is -3.19. The van der Waals surface area contributed by atoms with Gasteiger partial charge in [0, 0.05) is 11.6 Å². The maximum absolute atomic E-state index is 13.1. The highest BCUT2D eigenvalue weighted by Gasteiger charge is 2.46. The van der Waals surface area contributed by atoms with Crippen LogP contribution in [0.1, 0.15) is 41.4 Å². The van der Waals surface area contributed by atoms with E-state index in [1.807, 2.05) is 13.8 Å². The molecule has 0 bridgehead atoms. The summed E-state index contributed by atoms with van der Waals surface area (Å²) in [7, 11) is 0. The molecular weight excluding hydrogens is 488 g/mol. The maximum atomic E-state index is 13.1. The third kappa shape index (κ3) is 5.14. The van der Waals surface area contributed by atoms with Crippen LogP contribution in [0.5, 0.6) is 23.0 Å². The molecule has 7 atom stereocenters. The number of rotatable bonds is 6. The molecule has 2 aromatic rings.